The van der Waals surface area contributed by atoms with Gasteiger partial charge in [0.15, 0.2) is 0 Å². The Morgan fingerprint density at radius 2 is 1.95 bits per heavy atom. The van der Waals surface area contributed by atoms with E-state index in [0.717, 1.165) is 70.1 Å². The van der Waals surface area contributed by atoms with Gasteiger partial charge in [0, 0.05) is 43.1 Å². The van der Waals surface area contributed by atoms with Crippen LogP contribution in [0.4, 0.5) is 5.82 Å². The van der Waals surface area contributed by atoms with E-state index in [1.807, 2.05) is 43.0 Å². The summed E-state index contributed by atoms with van der Waals surface area (Å²) in [5.41, 5.74) is 5.35. The summed E-state index contributed by atoms with van der Waals surface area (Å²) in [6.45, 7) is 1.35. The second-order valence-corrected chi connectivity index (χ2v) is 9.34. The van der Waals surface area contributed by atoms with Gasteiger partial charge in [0.2, 0.25) is 0 Å². The number of methoxy groups -OCH3 is 1. The molecule has 0 amide bonds. The number of aromatic amines is 1. The number of ether oxygens (including phenoxy) is 2. The minimum atomic E-state index is 0.0361. The molecule has 37 heavy (non-hydrogen) atoms. The number of benzene rings is 2. The first kappa shape index (κ1) is 23.0. The molecule has 6 rings (SSSR count). The topological polar surface area (TPSA) is 89.1 Å². The van der Waals surface area contributed by atoms with Gasteiger partial charge >= 0.3 is 0 Å². The van der Waals surface area contributed by atoms with Crippen molar-refractivity contribution in [2.75, 3.05) is 32.2 Å². The summed E-state index contributed by atoms with van der Waals surface area (Å²) in [7, 11) is 3.77. The minimum Gasteiger partial charge on any atom is -0.497 e. The van der Waals surface area contributed by atoms with Gasteiger partial charge in [-0.05, 0) is 72.0 Å². The molecule has 1 aliphatic rings. The zero-order valence-corrected chi connectivity index (χ0v) is 20.9. The molecular weight excluding hydrogens is 464 g/mol. The van der Waals surface area contributed by atoms with E-state index in [1.165, 1.54) is 5.56 Å². The summed E-state index contributed by atoms with van der Waals surface area (Å²) in [6, 6.07) is 16.4. The lowest BCUT2D eigenvalue weighted by molar-refractivity contribution is 0.257. The van der Waals surface area contributed by atoms with E-state index < -0.39 is 0 Å². The second-order valence-electron chi connectivity index (χ2n) is 9.34. The van der Waals surface area contributed by atoms with Crippen molar-refractivity contribution in [2.45, 2.75) is 18.8 Å². The van der Waals surface area contributed by atoms with Crippen LogP contribution in [0.1, 0.15) is 22.9 Å². The van der Waals surface area contributed by atoms with Crippen molar-refractivity contribution in [3.63, 3.8) is 0 Å². The number of H-pyrrole nitrogens is 1. The van der Waals surface area contributed by atoms with E-state index in [2.05, 4.69) is 57.5 Å². The number of pyridine rings is 1. The molecule has 2 aromatic carbocycles. The number of nitrogens with zero attached hydrogens (tertiary/aromatic N) is 5. The molecule has 0 fully saturated rings. The highest BCUT2D eigenvalue weighted by Gasteiger charge is 2.26. The number of hydrogen-bond acceptors (Lipinski definition) is 7. The molecule has 0 aliphatic carbocycles. The first-order valence-corrected chi connectivity index (χ1v) is 12.4. The Labute approximate surface area is 215 Å². The molecule has 1 atom stereocenters. The maximum absolute atomic E-state index is 6.12. The molecule has 1 N–H and O–H groups in total. The summed E-state index contributed by atoms with van der Waals surface area (Å²) < 4.78 is 11.6. The van der Waals surface area contributed by atoms with Crippen molar-refractivity contribution < 1.29 is 9.47 Å². The van der Waals surface area contributed by atoms with Gasteiger partial charge in [0.25, 0.3) is 0 Å². The van der Waals surface area contributed by atoms with Crippen molar-refractivity contribution in [3.8, 4) is 22.6 Å². The van der Waals surface area contributed by atoms with Crippen molar-refractivity contribution in [3.05, 3.63) is 90.3 Å². The van der Waals surface area contributed by atoms with Crippen LogP contribution in [-0.4, -0.2) is 52.5 Å². The summed E-state index contributed by atoms with van der Waals surface area (Å²) in [5.74, 6) is 3.47. The Hall–Kier alpha value is -4.46. The Morgan fingerprint density at radius 1 is 1.05 bits per heavy atom. The smallest absolute Gasteiger partial charge is 0.139 e. The Morgan fingerprint density at radius 3 is 2.76 bits per heavy atom. The molecule has 186 valence electrons. The van der Waals surface area contributed by atoms with Gasteiger partial charge in [-0.1, -0.05) is 6.07 Å². The van der Waals surface area contributed by atoms with Crippen molar-refractivity contribution in [2.24, 2.45) is 0 Å². The van der Waals surface area contributed by atoms with Gasteiger partial charge in [0.1, 0.15) is 23.1 Å². The number of rotatable bonds is 7. The van der Waals surface area contributed by atoms with E-state index in [9.17, 15) is 0 Å². The molecule has 5 aromatic rings. The third-order valence-corrected chi connectivity index (χ3v) is 6.91. The summed E-state index contributed by atoms with van der Waals surface area (Å²) >= 11 is 0. The summed E-state index contributed by atoms with van der Waals surface area (Å²) in [4.78, 5) is 16.5. The van der Waals surface area contributed by atoms with E-state index >= 15 is 0 Å². The average molecular weight is 493 g/mol. The fraction of sp³-hybridized carbons (Fsp3) is 0.241. The molecule has 8 heteroatoms. The van der Waals surface area contributed by atoms with E-state index in [1.54, 1.807) is 7.11 Å². The quantitative estimate of drug-likeness (QED) is 0.348. The molecule has 8 nitrogen and oxygen atoms in total. The maximum Gasteiger partial charge on any atom is 0.139 e. The van der Waals surface area contributed by atoms with Gasteiger partial charge in [0.05, 0.1) is 31.3 Å². The second kappa shape index (κ2) is 9.89. The van der Waals surface area contributed by atoms with Crippen LogP contribution in [0.5, 0.6) is 11.5 Å². The minimum absolute atomic E-state index is 0.0361. The molecule has 3 aromatic heterocycles. The van der Waals surface area contributed by atoms with Crippen molar-refractivity contribution in [1.82, 2.24) is 25.1 Å². The molecule has 1 unspecified atom stereocenters. The standard InChI is InChI=1S/C29H28N6O2/c1-35(12-9-19-7-10-30-11-8-19)29-25-5-3-20(23-16-31-32-17-23)15-26(25)33-28(34-29)22-13-21-14-24(36-2)4-6-27(21)37-18-22/h3-8,10-11,14-17,22H,9,12-13,18H2,1-2H3,(H,31,32). The van der Waals surface area contributed by atoms with Crippen LogP contribution >= 0.6 is 0 Å². The monoisotopic (exact) mass is 492 g/mol. The third kappa shape index (κ3) is 4.70. The fourth-order valence-corrected chi connectivity index (χ4v) is 4.81. The van der Waals surface area contributed by atoms with E-state index in [-0.39, 0.29) is 5.92 Å². The zero-order chi connectivity index (χ0) is 25.2. The van der Waals surface area contributed by atoms with Crippen LogP contribution < -0.4 is 14.4 Å². The molecular formula is C29H28N6O2. The number of fused-ring (bicyclic) bond motifs is 2. The van der Waals surface area contributed by atoms with Gasteiger partial charge in [-0.15, -0.1) is 0 Å². The van der Waals surface area contributed by atoms with Crippen molar-refractivity contribution >= 4 is 16.7 Å². The Kier molecular flexibility index (Phi) is 6.14. The van der Waals surface area contributed by atoms with Crippen LogP contribution in [-0.2, 0) is 12.8 Å². The van der Waals surface area contributed by atoms with Crippen LogP contribution in [0, 0.1) is 0 Å². The number of aromatic nitrogens is 5. The average Bonchev–Trinajstić information content (AvgIpc) is 3.50. The largest absolute Gasteiger partial charge is 0.497 e. The molecule has 0 saturated carbocycles. The summed E-state index contributed by atoms with van der Waals surface area (Å²) in [5, 5.41) is 8.02. The lowest BCUT2D eigenvalue weighted by atomic mass is 9.95. The highest BCUT2D eigenvalue weighted by Crippen LogP contribution is 2.36. The molecule has 4 heterocycles. The number of anilines is 1. The molecule has 0 saturated heterocycles. The van der Waals surface area contributed by atoms with Crippen LogP contribution in [0.3, 0.4) is 0 Å². The predicted molar refractivity (Wildman–Crippen MR) is 143 cm³/mol. The van der Waals surface area contributed by atoms with E-state index in [0.29, 0.717) is 6.61 Å². The van der Waals surface area contributed by atoms with Gasteiger partial charge < -0.3 is 14.4 Å². The number of nitrogens with one attached hydrogen (secondary N) is 1. The van der Waals surface area contributed by atoms with Crippen LogP contribution in [0.25, 0.3) is 22.0 Å². The first-order chi connectivity index (χ1) is 18.2. The SMILES string of the molecule is COc1ccc2c(c1)CC(c1nc(N(C)CCc3ccncc3)c3ccc(-c4cn[nH]c4)cc3n1)CO2. The normalized spacial score (nSPS) is 14.7. The molecule has 0 radical (unpaired) electrons. The molecule has 1 aliphatic heterocycles. The zero-order valence-electron chi connectivity index (χ0n) is 20.9. The first-order valence-electron chi connectivity index (χ1n) is 12.4. The van der Waals surface area contributed by atoms with Crippen LogP contribution in [0.2, 0.25) is 0 Å². The summed E-state index contributed by atoms with van der Waals surface area (Å²) in [6.07, 6.45) is 9.07. The fourth-order valence-electron chi connectivity index (χ4n) is 4.81. The van der Waals surface area contributed by atoms with Crippen LogP contribution in [0.15, 0.2) is 73.3 Å². The van der Waals surface area contributed by atoms with Gasteiger partial charge in [-0.3, -0.25) is 10.1 Å². The van der Waals surface area contributed by atoms with E-state index in [4.69, 9.17) is 19.4 Å². The Balaban J connectivity index is 1.38. The number of likely N-dealkylation sites (N-methyl/N-ethyl adjacent to an activating group) is 1. The molecule has 0 spiro atoms. The van der Waals surface area contributed by atoms with Crippen molar-refractivity contribution in [1.29, 1.82) is 0 Å². The lowest BCUT2D eigenvalue weighted by Gasteiger charge is -2.27. The predicted octanol–water partition coefficient (Wildman–Crippen LogP) is 4.82. The highest BCUT2D eigenvalue weighted by molar-refractivity contribution is 5.92. The highest BCUT2D eigenvalue weighted by atomic mass is 16.5. The lowest BCUT2D eigenvalue weighted by Crippen LogP contribution is -2.25. The number of hydrogen-bond donors (Lipinski definition) is 1. The van der Waals surface area contributed by atoms with Gasteiger partial charge in [-0.25, -0.2) is 9.97 Å². The Bertz CT molecular complexity index is 1520. The molecule has 0 bridgehead atoms. The maximum atomic E-state index is 6.12. The van der Waals surface area contributed by atoms with Gasteiger partial charge in [-0.2, -0.15) is 5.10 Å². The third-order valence-electron chi connectivity index (χ3n) is 6.91.